The number of benzene rings is 3. The van der Waals surface area contributed by atoms with E-state index in [1.807, 2.05) is 60.7 Å². The summed E-state index contributed by atoms with van der Waals surface area (Å²) in [6.45, 7) is 0. The first-order valence-corrected chi connectivity index (χ1v) is 10.0. The second kappa shape index (κ2) is 9.36. The minimum atomic E-state index is -0.897. The van der Waals surface area contributed by atoms with Crippen molar-refractivity contribution in [3.8, 4) is 11.1 Å². The van der Waals surface area contributed by atoms with Gasteiger partial charge in [-0.25, -0.2) is 14.2 Å². The number of carbonyl (C=O) groups is 1. The number of amides is 1. The van der Waals surface area contributed by atoms with Crippen LogP contribution in [0.15, 0.2) is 96.1 Å². The largest absolute Gasteiger partial charge is 0.344 e. The minimum Gasteiger partial charge on any atom is -0.325 e. The maximum atomic E-state index is 14.7. The molecule has 7 heteroatoms. The molecule has 0 saturated heterocycles. The number of aromatic nitrogens is 2. The molecule has 1 unspecified atom stereocenters. The first kappa shape index (κ1) is 21.1. The number of hydrogen-bond acceptors (Lipinski definition) is 4. The molecule has 0 aliphatic carbocycles. The molecule has 1 heterocycles. The fourth-order valence-electron chi connectivity index (χ4n) is 3.62. The van der Waals surface area contributed by atoms with E-state index in [0.29, 0.717) is 5.56 Å². The van der Waals surface area contributed by atoms with Gasteiger partial charge in [0.05, 0.1) is 6.04 Å². The molecule has 32 heavy (non-hydrogen) atoms. The summed E-state index contributed by atoms with van der Waals surface area (Å²) in [5, 5.41) is 2.71. The molecule has 160 valence electrons. The van der Waals surface area contributed by atoms with Crippen molar-refractivity contribution in [2.45, 2.75) is 12.0 Å². The standard InChI is InChI=1S/C25H21FN4O2/c26-21-13-19(11-12-20(21)18-14-28-25(32)29-15-18)30-24(31)23(27)22(16-7-3-1-4-8-16)17-9-5-2-6-10-17/h1-15,22-23H,27H2,(H,30,31)(H,28,29,32). The predicted octanol–water partition coefficient (Wildman–Crippen LogP) is 3.67. The molecule has 4 rings (SSSR count). The highest BCUT2D eigenvalue weighted by Gasteiger charge is 2.27. The van der Waals surface area contributed by atoms with Gasteiger partial charge in [0.2, 0.25) is 5.91 Å². The summed E-state index contributed by atoms with van der Waals surface area (Å²) >= 11 is 0. The van der Waals surface area contributed by atoms with Crippen molar-refractivity contribution in [1.82, 2.24) is 9.97 Å². The van der Waals surface area contributed by atoms with Gasteiger partial charge >= 0.3 is 5.69 Å². The third-order valence-corrected chi connectivity index (χ3v) is 5.20. The average molecular weight is 428 g/mol. The lowest BCUT2D eigenvalue weighted by Crippen LogP contribution is -2.41. The zero-order chi connectivity index (χ0) is 22.5. The van der Waals surface area contributed by atoms with Crippen molar-refractivity contribution < 1.29 is 9.18 Å². The molecular formula is C25H21FN4O2. The van der Waals surface area contributed by atoms with Crippen LogP contribution < -0.4 is 16.7 Å². The van der Waals surface area contributed by atoms with E-state index >= 15 is 0 Å². The normalized spacial score (nSPS) is 11.8. The van der Waals surface area contributed by atoms with E-state index in [9.17, 15) is 14.0 Å². The molecule has 4 N–H and O–H groups in total. The van der Waals surface area contributed by atoms with Crippen LogP contribution in [0, 0.1) is 5.82 Å². The van der Waals surface area contributed by atoms with Gasteiger partial charge in [-0.2, -0.15) is 0 Å². The van der Waals surface area contributed by atoms with Gasteiger partial charge in [-0.1, -0.05) is 60.7 Å². The summed E-state index contributed by atoms with van der Waals surface area (Å²) in [5.74, 6) is -1.36. The molecule has 0 saturated carbocycles. The second-order valence-electron chi connectivity index (χ2n) is 7.32. The topological polar surface area (TPSA) is 101 Å². The van der Waals surface area contributed by atoms with Gasteiger partial charge in [0.1, 0.15) is 5.82 Å². The molecule has 3 aromatic carbocycles. The predicted molar refractivity (Wildman–Crippen MR) is 122 cm³/mol. The molecule has 0 bridgehead atoms. The first-order valence-electron chi connectivity index (χ1n) is 10.0. The third kappa shape index (κ3) is 4.63. The zero-order valence-electron chi connectivity index (χ0n) is 17.0. The van der Waals surface area contributed by atoms with Crippen molar-refractivity contribution in [1.29, 1.82) is 0 Å². The van der Waals surface area contributed by atoms with E-state index in [4.69, 9.17) is 5.73 Å². The van der Waals surface area contributed by atoms with Crippen LogP contribution in [0.4, 0.5) is 10.1 Å². The van der Waals surface area contributed by atoms with E-state index in [1.54, 1.807) is 6.07 Å². The molecule has 0 radical (unpaired) electrons. The molecule has 0 spiro atoms. The maximum absolute atomic E-state index is 14.7. The van der Waals surface area contributed by atoms with E-state index in [2.05, 4.69) is 15.3 Å². The lowest BCUT2D eigenvalue weighted by atomic mass is 9.85. The maximum Gasteiger partial charge on any atom is 0.344 e. The molecule has 0 fully saturated rings. The number of aromatic amines is 1. The van der Waals surface area contributed by atoms with Crippen molar-refractivity contribution >= 4 is 11.6 Å². The number of nitrogens with zero attached hydrogens (tertiary/aromatic N) is 1. The Hall–Kier alpha value is -4.10. The van der Waals surface area contributed by atoms with Crippen LogP contribution in [-0.2, 0) is 4.79 Å². The lowest BCUT2D eigenvalue weighted by molar-refractivity contribution is -0.117. The third-order valence-electron chi connectivity index (χ3n) is 5.20. The van der Waals surface area contributed by atoms with Crippen molar-refractivity contribution in [2.24, 2.45) is 5.73 Å². The summed E-state index contributed by atoms with van der Waals surface area (Å²) in [5.41, 5.74) is 8.66. The molecule has 1 amide bonds. The molecule has 1 atom stereocenters. The molecule has 0 aliphatic rings. The number of anilines is 1. The van der Waals surface area contributed by atoms with Crippen LogP contribution in [0.25, 0.3) is 11.1 Å². The monoisotopic (exact) mass is 428 g/mol. The van der Waals surface area contributed by atoms with Crippen molar-refractivity contribution in [3.05, 3.63) is 119 Å². The Labute approximate surface area is 184 Å². The summed E-state index contributed by atoms with van der Waals surface area (Å²) < 4.78 is 14.7. The molecule has 1 aromatic heterocycles. The lowest BCUT2D eigenvalue weighted by Gasteiger charge is -2.24. The average Bonchev–Trinajstić information content (AvgIpc) is 2.81. The number of nitrogens with one attached hydrogen (secondary N) is 2. The number of halogens is 1. The van der Waals surface area contributed by atoms with Gasteiger partial charge in [0.15, 0.2) is 0 Å². The van der Waals surface area contributed by atoms with Gasteiger partial charge in [0.25, 0.3) is 0 Å². The Morgan fingerprint density at radius 2 is 1.59 bits per heavy atom. The van der Waals surface area contributed by atoms with Crippen molar-refractivity contribution in [2.75, 3.05) is 5.32 Å². The SMILES string of the molecule is NC(C(=O)Nc1ccc(-c2cnc(=O)[nH]c2)c(F)c1)C(c1ccccc1)c1ccccc1. The van der Waals surface area contributed by atoms with Crippen molar-refractivity contribution in [3.63, 3.8) is 0 Å². The molecule has 4 aromatic rings. The summed E-state index contributed by atoms with van der Waals surface area (Å²) in [4.78, 5) is 30.1. The van der Waals surface area contributed by atoms with Crippen LogP contribution in [0.2, 0.25) is 0 Å². The van der Waals surface area contributed by atoms with Crippen LogP contribution >= 0.6 is 0 Å². The van der Waals surface area contributed by atoms with Gasteiger partial charge in [-0.3, -0.25) is 4.79 Å². The van der Waals surface area contributed by atoms with E-state index < -0.39 is 23.5 Å². The van der Waals surface area contributed by atoms with E-state index in [-0.39, 0.29) is 17.2 Å². The highest BCUT2D eigenvalue weighted by atomic mass is 19.1. The number of rotatable bonds is 6. The Kier molecular flexibility index (Phi) is 6.19. The summed E-state index contributed by atoms with van der Waals surface area (Å²) in [7, 11) is 0. The minimum absolute atomic E-state index is 0.252. The van der Waals surface area contributed by atoms with Gasteiger partial charge in [0, 0.05) is 35.1 Å². The van der Waals surface area contributed by atoms with Crippen LogP contribution in [0.1, 0.15) is 17.0 Å². The fraction of sp³-hybridized carbons (Fsp3) is 0.0800. The number of carbonyl (C=O) groups excluding carboxylic acids is 1. The Bertz CT molecular complexity index is 1220. The van der Waals surface area contributed by atoms with Crippen LogP contribution in [0.5, 0.6) is 0 Å². The highest BCUT2D eigenvalue weighted by Crippen LogP contribution is 2.29. The Morgan fingerprint density at radius 1 is 0.969 bits per heavy atom. The Morgan fingerprint density at radius 3 is 2.12 bits per heavy atom. The van der Waals surface area contributed by atoms with Gasteiger partial charge in [-0.15, -0.1) is 0 Å². The quantitative estimate of drug-likeness (QED) is 0.436. The van der Waals surface area contributed by atoms with E-state index in [0.717, 1.165) is 11.1 Å². The number of nitrogens with two attached hydrogens (primary N) is 1. The fourth-order valence-corrected chi connectivity index (χ4v) is 3.62. The van der Waals surface area contributed by atoms with Gasteiger partial charge < -0.3 is 16.0 Å². The highest BCUT2D eigenvalue weighted by molar-refractivity contribution is 5.96. The Balaban J connectivity index is 1.57. The van der Waals surface area contributed by atoms with Crippen LogP contribution in [-0.4, -0.2) is 21.9 Å². The number of hydrogen-bond donors (Lipinski definition) is 3. The second-order valence-corrected chi connectivity index (χ2v) is 7.32. The summed E-state index contributed by atoms with van der Waals surface area (Å²) in [6.07, 6.45) is 2.67. The summed E-state index contributed by atoms with van der Waals surface area (Å²) in [6, 6.07) is 22.5. The van der Waals surface area contributed by atoms with Crippen LogP contribution in [0.3, 0.4) is 0 Å². The number of H-pyrrole nitrogens is 1. The molecular weight excluding hydrogens is 407 g/mol. The zero-order valence-corrected chi connectivity index (χ0v) is 17.0. The first-order chi connectivity index (χ1) is 15.5. The molecule has 6 nitrogen and oxygen atoms in total. The van der Waals surface area contributed by atoms with Gasteiger partial charge in [-0.05, 0) is 29.3 Å². The van der Waals surface area contributed by atoms with E-state index in [1.165, 1.54) is 24.5 Å². The smallest absolute Gasteiger partial charge is 0.325 e. The molecule has 0 aliphatic heterocycles.